The van der Waals surface area contributed by atoms with Crippen LogP contribution in [0.2, 0.25) is 0 Å². The summed E-state index contributed by atoms with van der Waals surface area (Å²) < 4.78 is 4.75. The van der Waals surface area contributed by atoms with Crippen molar-refractivity contribution >= 4 is 51.9 Å². The van der Waals surface area contributed by atoms with E-state index < -0.39 is 0 Å². The molecule has 1 heteroatoms. The van der Waals surface area contributed by atoms with Gasteiger partial charge in [0.2, 0.25) is 0 Å². The van der Waals surface area contributed by atoms with Crippen molar-refractivity contribution in [2.24, 2.45) is 0 Å². The zero-order valence-electron chi connectivity index (χ0n) is 14.2. The van der Waals surface area contributed by atoms with Gasteiger partial charge in [-0.2, -0.15) is 0 Å². The zero-order chi connectivity index (χ0) is 17.3. The van der Waals surface area contributed by atoms with Crippen LogP contribution in [0.15, 0.2) is 95.1 Å². The molecule has 0 saturated heterocycles. The molecule has 4 aromatic carbocycles. The molecule has 1 aliphatic rings. The largest absolute Gasteiger partial charge is 0.0931 e. The van der Waals surface area contributed by atoms with Crippen molar-refractivity contribution in [1.29, 1.82) is 0 Å². The maximum absolute atomic E-state index is 2.44. The molecule has 0 fully saturated rings. The summed E-state index contributed by atoms with van der Waals surface area (Å²) in [6.07, 6.45) is 4.48. The second-order valence-corrected chi connectivity index (χ2v) is 8.44. The molecule has 0 amide bonds. The minimum absolute atomic E-state index is 0.00927. The Bertz CT molecular complexity index is 1150. The number of fused-ring (bicyclic) bond motifs is 2. The predicted molar refractivity (Wildman–Crippen MR) is 124 cm³/mol. The number of rotatable bonds is 2. The lowest BCUT2D eigenvalue weighted by Crippen LogP contribution is -1.93. The molecule has 0 aliphatic carbocycles. The average Bonchev–Trinajstić information content (AvgIpc) is 2.73. The summed E-state index contributed by atoms with van der Waals surface area (Å²) in [6.45, 7) is 0. The smallest absolute Gasteiger partial charge is 0.00220 e. The van der Waals surface area contributed by atoms with E-state index in [1.165, 1.54) is 43.8 Å². The first-order chi connectivity index (χ1) is 12.9. The van der Waals surface area contributed by atoms with Crippen molar-refractivity contribution in [3.05, 3.63) is 101 Å². The van der Waals surface area contributed by atoms with Crippen LogP contribution in [-0.4, -0.2) is 4.01 Å². The van der Waals surface area contributed by atoms with E-state index >= 15 is 0 Å². The second-order valence-electron chi connectivity index (χ2n) is 6.38. The van der Waals surface area contributed by atoms with Gasteiger partial charge in [0.15, 0.2) is 0 Å². The third-order valence-electron chi connectivity index (χ3n) is 4.88. The highest BCUT2D eigenvalue weighted by molar-refractivity contribution is 14.2. The summed E-state index contributed by atoms with van der Waals surface area (Å²) in [6, 6.07) is 28.5. The molecule has 0 radical (unpaired) electrons. The van der Waals surface area contributed by atoms with Gasteiger partial charge in [-0.25, -0.2) is 0 Å². The molecule has 26 heavy (non-hydrogen) atoms. The van der Waals surface area contributed by atoms with Gasteiger partial charge in [-0.05, 0) is 51.9 Å². The lowest BCUT2D eigenvalue weighted by Gasteiger charge is -2.18. The van der Waals surface area contributed by atoms with Gasteiger partial charge in [-0.3, -0.25) is 0 Å². The molecule has 1 heterocycles. The predicted octanol–water partition coefficient (Wildman–Crippen LogP) is 7.34. The highest BCUT2D eigenvalue weighted by atomic mass is 127. The third kappa shape index (κ3) is 2.55. The molecule has 1 aliphatic heterocycles. The van der Waals surface area contributed by atoms with Gasteiger partial charge in [-0.15, -0.1) is 0 Å². The fourth-order valence-electron chi connectivity index (χ4n) is 3.82. The van der Waals surface area contributed by atoms with Crippen molar-refractivity contribution in [3.63, 3.8) is 0 Å². The minimum atomic E-state index is 0.00927. The molecule has 4 aromatic rings. The van der Waals surface area contributed by atoms with E-state index in [1.54, 1.807) is 0 Å². The van der Waals surface area contributed by atoms with Gasteiger partial charge in [0.25, 0.3) is 0 Å². The number of hydrogen-bond donors (Lipinski definition) is 0. The summed E-state index contributed by atoms with van der Waals surface area (Å²) in [4.78, 5) is 0. The van der Waals surface area contributed by atoms with E-state index in [2.05, 4.69) is 99.1 Å². The van der Waals surface area contributed by atoms with Gasteiger partial charge < -0.3 is 0 Å². The van der Waals surface area contributed by atoms with Crippen LogP contribution in [0, 0.1) is 0 Å². The summed E-state index contributed by atoms with van der Waals surface area (Å²) >= 11 is 0.00927. The van der Waals surface area contributed by atoms with Gasteiger partial charge in [0, 0.05) is 0 Å². The highest BCUT2D eigenvalue weighted by Crippen LogP contribution is 2.42. The molecule has 0 spiro atoms. The van der Waals surface area contributed by atoms with Crippen LogP contribution in [0.25, 0.3) is 38.2 Å². The van der Waals surface area contributed by atoms with E-state index in [9.17, 15) is 0 Å². The fourth-order valence-corrected chi connectivity index (χ4v) is 5.38. The van der Waals surface area contributed by atoms with E-state index in [-0.39, 0.29) is 20.7 Å². The molecular formula is C25H17I. The Balaban J connectivity index is 2.00. The molecule has 0 nitrogen and oxygen atoms in total. The number of halogens is 1. The van der Waals surface area contributed by atoms with E-state index in [4.69, 9.17) is 0 Å². The van der Waals surface area contributed by atoms with Crippen LogP contribution < -0.4 is 0 Å². The highest BCUT2D eigenvalue weighted by Gasteiger charge is 2.16. The van der Waals surface area contributed by atoms with E-state index in [0.717, 1.165) is 0 Å². The van der Waals surface area contributed by atoms with Crippen LogP contribution in [-0.2, 0) is 0 Å². The van der Waals surface area contributed by atoms with E-state index in [0.29, 0.717) is 0 Å². The molecule has 0 unspecified atom stereocenters. The average molecular weight is 444 g/mol. The van der Waals surface area contributed by atoms with Crippen LogP contribution >= 0.6 is 20.7 Å². The van der Waals surface area contributed by atoms with Crippen LogP contribution in [0.1, 0.15) is 5.56 Å². The Morgan fingerprint density at radius 2 is 1.08 bits per heavy atom. The Labute approximate surface area is 163 Å². The number of hydrogen-bond acceptors (Lipinski definition) is 0. The summed E-state index contributed by atoms with van der Waals surface area (Å²) in [5, 5.41) is 5.34. The second kappa shape index (κ2) is 6.65. The maximum atomic E-state index is 2.44. The fraction of sp³-hybridized carbons (Fsp3) is 0. The van der Waals surface area contributed by atoms with Gasteiger partial charge in [0.1, 0.15) is 0 Å². The first kappa shape index (κ1) is 15.7. The normalized spacial score (nSPS) is 13.6. The topological polar surface area (TPSA) is 0 Å². The lowest BCUT2D eigenvalue weighted by atomic mass is 9.86. The van der Waals surface area contributed by atoms with Crippen molar-refractivity contribution in [3.8, 4) is 11.1 Å². The van der Waals surface area contributed by atoms with Gasteiger partial charge >= 0.3 is 0 Å². The first-order valence-corrected chi connectivity index (χ1v) is 11.2. The SMILES string of the molecule is C1=CC(c2c3ccccc3c(-c3ccccc3)c3ccccc23)=CI=C1. The van der Waals surface area contributed by atoms with E-state index in [1.807, 2.05) is 0 Å². The van der Waals surface area contributed by atoms with Crippen LogP contribution in [0.4, 0.5) is 0 Å². The number of benzene rings is 4. The third-order valence-corrected chi connectivity index (χ3v) is 6.75. The molecule has 5 rings (SSSR count). The van der Waals surface area contributed by atoms with Crippen molar-refractivity contribution in [2.75, 3.05) is 0 Å². The maximum Gasteiger partial charge on any atom is -0.00220 e. The molecule has 124 valence electrons. The lowest BCUT2D eigenvalue weighted by molar-refractivity contribution is 1.66. The van der Waals surface area contributed by atoms with Crippen molar-refractivity contribution in [2.45, 2.75) is 0 Å². The molecule has 0 atom stereocenters. The molecular weight excluding hydrogens is 427 g/mol. The standard InChI is InChI=1S/C25H17I/c1-2-9-18(10-3-1)24-20-12-4-6-14-22(20)25(19-11-8-16-26-17-19)23-15-7-5-13-21(23)24/h1-17H. The van der Waals surface area contributed by atoms with Crippen molar-refractivity contribution in [1.82, 2.24) is 0 Å². The Hall–Kier alpha value is -2.52. The van der Waals surface area contributed by atoms with Crippen LogP contribution in [0.5, 0.6) is 0 Å². The first-order valence-electron chi connectivity index (χ1n) is 8.75. The quantitative estimate of drug-likeness (QED) is 0.224. The Morgan fingerprint density at radius 3 is 1.62 bits per heavy atom. The molecule has 0 N–H and O–H groups in total. The Morgan fingerprint density at radius 1 is 0.538 bits per heavy atom. The minimum Gasteiger partial charge on any atom is -0.0931 e. The number of allylic oxidation sites excluding steroid dienone is 3. The monoisotopic (exact) mass is 444 g/mol. The van der Waals surface area contributed by atoms with Crippen LogP contribution in [0.3, 0.4) is 0 Å². The van der Waals surface area contributed by atoms with Crippen molar-refractivity contribution < 1.29 is 0 Å². The molecule has 0 saturated carbocycles. The summed E-state index contributed by atoms with van der Waals surface area (Å²) in [5.41, 5.74) is 5.36. The Kier molecular flexibility index (Phi) is 4.02. The van der Waals surface area contributed by atoms with Gasteiger partial charge in [-0.1, -0.05) is 112 Å². The van der Waals surface area contributed by atoms with Gasteiger partial charge in [0.05, 0.1) is 0 Å². The summed E-state index contributed by atoms with van der Waals surface area (Å²) in [7, 11) is 0. The molecule has 0 aromatic heterocycles. The summed E-state index contributed by atoms with van der Waals surface area (Å²) in [5.74, 6) is 0. The molecule has 0 bridgehead atoms. The zero-order valence-corrected chi connectivity index (χ0v) is 16.4.